The van der Waals surface area contributed by atoms with Crippen LogP contribution in [0.4, 0.5) is 0 Å². The summed E-state index contributed by atoms with van der Waals surface area (Å²) in [6, 6.07) is 0. The van der Waals surface area contributed by atoms with Gasteiger partial charge in [-0.3, -0.25) is 4.99 Å². The maximum Gasteiger partial charge on any atom is 0.191 e. The third-order valence-corrected chi connectivity index (χ3v) is 4.03. The fourth-order valence-corrected chi connectivity index (χ4v) is 2.85. The van der Waals surface area contributed by atoms with Gasteiger partial charge in [-0.15, -0.1) is 35.3 Å². The molecule has 0 amide bonds. The standard InChI is InChI=1S/C13H24N4S.HI/c1-5-11-10(4)18-12(16-11)8-9-15-13(14)17(6-2)7-3;/h5-9H2,1-4H3,(H2,14,15);1H. The number of hydrogen-bond donors (Lipinski definition) is 1. The quantitative estimate of drug-likeness (QED) is 0.457. The summed E-state index contributed by atoms with van der Waals surface area (Å²) in [7, 11) is 0. The van der Waals surface area contributed by atoms with Crippen LogP contribution in [0.5, 0.6) is 0 Å². The van der Waals surface area contributed by atoms with E-state index >= 15 is 0 Å². The van der Waals surface area contributed by atoms with Crippen molar-refractivity contribution in [2.24, 2.45) is 10.7 Å². The zero-order valence-corrected chi connectivity index (χ0v) is 15.4. The van der Waals surface area contributed by atoms with E-state index in [1.165, 1.54) is 15.6 Å². The Morgan fingerprint density at radius 2 is 1.95 bits per heavy atom. The number of hydrogen-bond acceptors (Lipinski definition) is 3. The molecular weight excluding hydrogens is 371 g/mol. The summed E-state index contributed by atoms with van der Waals surface area (Å²) in [5.74, 6) is 0.643. The molecule has 0 aromatic carbocycles. The van der Waals surface area contributed by atoms with Crippen LogP contribution in [0.1, 0.15) is 36.3 Å². The van der Waals surface area contributed by atoms with Gasteiger partial charge in [0.15, 0.2) is 5.96 Å². The molecule has 0 bridgehead atoms. The molecule has 1 rings (SSSR count). The molecule has 0 saturated heterocycles. The van der Waals surface area contributed by atoms with Gasteiger partial charge in [-0.1, -0.05) is 6.92 Å². The Balaban J connectivity index is 0.00000324. The third kappa shape index (κ3) is 5.64. The molecule has 0 aliphatic carbocycles. The van der Waals surface area contributed by atoms with Gasteiger partial charge in [0.25, 0.3) is 0 Å². The average molecular weight is 396 g/mol. The molecular formula is C13H25IN4S. The second-order valence-corrected chi connectivity index (χ2v) is 5.41. The van der Waals surface area contributed by atoms with Gasteiger partial charge in [-0.25, -0.2) is 4.98 Å². The molecule has 110 valence electrons. The van der Waals surface area contributed by atoms with Gasteiger partial charge in [0, 0.05) is 30.9 Å². The number of guanidine groups is 1. The average Bonchev–Trinajstić information content (AvgIpc) is 2.71. The minimum atomic E-state index is 0. The zero-order valence-electron chi connectivity index (χ0n) is 12.3. The molecule has 0 aliphatic heterocycles. The maximum absolute atomic E-state index is 5.92. The second-order valence-electron chi connectivity index (χ2n) is 4.13. The molecule has 0 aliphatic rings. The number of aryl methyl sites for hydroxylation is 2. The normalized spacial score (nSPS) is 11.3. The highest BCUT2D eigenvalue weighted by Gasteiger charge is 2.06. The number of aliphatic imine (C=N–C) groups is 1. The van der Waals surface area contributed by atoms with Crippen LogP contribution in [0.25, 0.3) is 0 Å². The summed E-state index contributed by atoms with van der Waals surface area (Å²) in [6.45, 7) is 11.0. The Morgan fingerprint density at radius 3 is 2.42 bits per heavy atom. The number of nitrogens with two attached hydrogens (primary N) is 1. The van der Waals surface area contributed by atoms with E-state index < -0.39 is 0 Å². The van der Waals surface area contributed by atoms with Gasteiger partial charge in [0.2, 0.25) is 0 Å². The van der Waals surface area contributed by atoms with Crippen LogP contribution in [-0.2, 0) is 12.8 Å². The molecule has 6 heteroatoms. The number of halogens is 1. The first-order valence-corrected chi connectivity index (χ1v) is 7.43. The predicted octanol–water partition coefficient (Wildman–Crippen LogP) is 2.83. The second kappa shape index (κ2) is 9.52. The fourth-order valence-electron chi connectivity index (χ4n) is 1.84. The molecule has 0 fully saturated rings. The van der Waals surface area contributed by atoms with Crippen molar-refractivity contribution in [2.45, 2.75) is 40.5 Å². The molecule has 1 heterocycles. The number of aromatic nitrogens is 1. The lowest BCUT2D eigenvalue weighted by Gasteiger charge is -2.19. The Labute approximate surface area is 137 Å². The fraction of sp³-hybridized carbons (Fsp3) is 0.692. The Hall–Kier alpha value is -0.370. The summed E-state index contributed by atoms with van der Waals surface area (Å²) >= 11 is 1.78. The van der Waals surface area contributed by atoms with Crippen molar-refractivity contribution in [2.75, 3.05) is 19.6 Å². The molecule has 0 saturated carbocycles. The molecule has 0 atom stereocenters. The number of nitrogens with zero attached hydrogens (tertiary/aromatic N) is 3. The first-order valence-electron chi connectivity index (χ1n) is 6.62. The van der Waals surface area contributed by atoms with E-state index in [0.717, 1.165) is 32.5 Å². The topological polar surface area (TPSA) is 54.5 Å². The lowest BCUT2D eigenvalue weighted by atomic mass is 10.3. The van der Waals surface area contributed by atoms with E-state index in [-0.39, 0.29) is 24.0 Å². The number of thiazole rings is 1. The van der Waals surface area contributed by atoms with E-state index in [0.29, 0.717) is 5.96 Å². The number of rotatable bonds is 6. The lowest BCUT2D eigenvalue weighted by Crippen LogP contribution is -2.37. The molecule has 0 spiro atoms. The lowest BCUT2D eigenvalue weighted by molar-refractivity contribution is 0.458. The van der Waals surface area contributed by atoms with E-state index in [4.69, 9.17) is 5.73 Å². The van der Waals surface area contributed by atoms with Crippen molar-refractivity contribution in [3.05, 3.63) is 15.6 Å². The van der Waals surface area contributed by atoms with E-state index in [9.17, 15) is 0 Å². The molecule has 19 heavy (non-hydrogen) atoms. The highest BCUT2D eigenvalue weighted by Crippen LogP contribution is 2.18. The smallest absolute Gasteiger partial charge is 0.191 e. The van der Waals surface area contributed by atoms with Crippen LogP contribution in [0, 0.1) is 6.92 Å². The third-order valence-electron chi connectivity index (χ3n) is 2.96. The molecule has 2 N–H and O–H groups in total. The predicted molar refractivity (Wildman–Crippen MR) is 94.8 cm³/mol. The van der Waals surface area contributed by atoms with Gasteiger partial charge in [-0.2, -0.15) is 0 Å². The van der Waals surface area contributed by atoms with E-state index in [1.807, 2.05) is 0 Å². The highest BCUT2D eigenvalue weighted by atomic mass is 127. The van der Waals surface area contributed by atoms with Crippen molar-refractivity contribution in [3.63, 3.8) is 0 Å². The van der Waals surface area contributed by atoms with Crippen molar-refractivity contribution in [1.29, 1.82) is 0 Å². The van der Waals surface area contributed by atoms with Crippen molar-refractivity contribution < 1.29 is 0 Å². The van der Waals surface area contributed by atoms with Crippen molar-refractivity contribution in [1.82, 2.24) is 9.88 Å². The van der Waals surface area contributed by atoms with Gasteiger partial charge in [-0.05, 0) is 27.2 Å². The summed E-state index contributed by atoms with van der Waals surface area (Å²) in [5.41, 5.74) is 7.14. The summed E-state index contributed by atoms with van der Waals surface area (Å²) in [6.07, 6.45) is 1.89. The minimum absolute atomic E-state index is 0. The van der Waals surface area contributed by atoms with Gasteiger partial charge in [0.1, 0.15) is 0 Å². The Morgan fingerprint density at radius 1 is 1.32 bits per heavy atom. The highest BCUT2D eigenvalue weighted by molar-refractivity contribution is 14.0. The monoisotopic (exact) mass is 396 g/mol. The Kier molecular flexibility index (Phi) is 9.34. The Bertz CT molecular complexity index is 399. The molecule has 1 aromatic rings. The first-order chi connectivity index (χ1) is 8.62. The van der Waals surface area contributed by atoms with Crippen LogP contribution in [0.2, 0.25) is 0 Å². The van der Waals surface area contributed by atoms with Crippen molar-refractivity contribution >= 4 is 41.3 Å². The van der Waals surface area contributed by atoms with Crippen LogP contribution >= 0.6 is 35.3 Å². The molecule has 0 unspecified atom stereocenters. The SMILES string of the molecule is CCc1nc(CCN=C(N)N(CC)CC)sc1C.I. The zero-order chi connectivity index (χ0) is 13.5. The first kappa shape index (κ1) is 18.6. The molecule has 0 radical (unpaired) electrons. The summed E-state index contributed by atoms with van der Waals surface area (Å²) in [5, 5.41) is 1.17. The van der Waals surface area contributed by atoms with Crippen LogP contribution in [-0.4, -0.2) is 35.5 Å². The maximum atomic E-state index is 5.92. The molecule has 1 aromatic heterocycles. The van der Waals surface area contributed by atoms with E-state index in [2.05, 4.69) is 42.6 Å². The molecule has 4 nitrogen and oxygen atoms in total. The van der Waals surface area contributed by atoms with Gasteiger partial charge < -0.3 is 10.6 Å². The van der Waals surface area contributed by atoms with Crippen LogP contribution in [0.3, 0.4) is 0 Å². The van der Waals surface area contributed by atoms with Crippen molar-refractivity contribution in [3.8, 4) is 0 Å². The summed E-state index contributed by atoms with van der Waals surface area (Å²) in [4.78, 5) is 12.4. The largest absolute Gasteiger partial charge is 0.370 e. The van der Waals surface area contributed by atoms with Gasteiger partial charge >= 0.3 is 0 Å². The minimum Gasteiger partial charge on any atom is -0.370 e. The van der Waals surface area contributed by atoms with Gasteiger partial charge in [0.05, 0.1) is 10.7 Å². The van der Waals surface area contributed by atoms with Crippen LogP contribution in [0.15, 0.2) is 4.99 Å². The van der Waals surface area contributed by atoms with Crippen LogP contribution < -0.4 is 5.73 Å². The van der Waals surface area contributed by atoms with E-state index in [1.54, 1.807) is 11.3 Å². The summed E-state index contributed by atoms with van der Waals surface area (Å²) < 4.78 is 0.